The van der Waals surface area contributed by atoms with Gasteiger partial charge in [0.25, 0.3) is 0 Å². The molecule has 28 heavy (non-hydrogen) atoms. The largest absolute Gasteiger partial charge is 0.440 e. The summed E-state index contributed by atoms with van der Waals surface area (Å²) >= 11 is 0. The molecule has 0 aliphatic carbocycles. The molecule has 0 fully saturated rings. The van der Waals surface area contributed by atoms with Crippen LogP contribution in [0.3, 0.4) is 0 Å². The lowest BCUT2D eigenvalue weighted by molar-refractivity contribution is 0.556. The van der Waals surface area contributed by atoms with Crippen LogP contribution in [0.5, 0.6) is 0 Å². The molecule has 4 aromatic rings. The summed E-state index contributed by atoms with van der Waals surface area (Å²) in [6.45, 7) is 5.49. The van der Waals surface area contributed by atoms with Crippen molar-refractivity contribution in [2.45, 2.75) is 20.3 Å². The molecule has 4 rings (SSSR count). The van der Waals surface area contributed by atoms with Crippen LogP contribution in [0.2, 0.25) is 0 Å². The molecule has 5 heteroatoms. The van der Waals surface area contributed by atoms with Gasteiger partial charge in [-0.2, -0.15) is 0 Å². The zero-order valence-corrected chi connectivity index (χ0v) is 15.9. The Kier molecular flexibility index (Phi) is 4.74. The van der Waals surface area contributed by atoms with Crippen molar-refractivity contribution in [3.8, 4) is 0 Å². The van der Waals surface area contributed by atoms with Crippen molar-refractivity contribution in [2.24, 2.45) is 0 Å². The smallest absolute Gasteiger partial charge is 0.336 e. The third kappa shape index (κ3) is 3.09. The highest BCUT2D eigenvalue weighted by Gasteiger charge is 2.20. The van der Waals surface area contributed by atoms with Crippen LogP contribution in [0.4, 0.5) is 5.88 Å². The second-order valence-corrected chi connectivity index (χ2v) is 6.65. The zero-order valence-electron chi connectivity index (χ0n) is 15.9. The molecule has 5 nitrogen and oxygen atoms in total. The van der Waals surface area contributed by atoms with Gasteiger partial charge in [0.15, 0.2) is 5.43 Å². The van der Waals surface area contributed by atoms with E-state index in [1.54, 1.807) is 12.1 Å². The monoisotopic (exact) mass is 375 g/mol. The van der Waals surface area contributed by atoms with E-state index in [1.807, 2.05) is 55.1 Å². The maximum atomic E-state index is 13.3. The quantitative estimate of drug-likeness (QED) is 0.486. The van der Waals surface area contributed by atoms with Crippen LogP contribution in [0.15, 0.2) is 73.0 Å². The number of benzene rings is 2. The summed E-state index contributed by atoms with van der Waals surface area (Å²) in [6.07, 6.45) is 0.323. The van der Waals surface area contributed by atoms with Gasteiger partial charge >= 0.3 is 5.63 Å². The van der Waals surface area contributed by atoms with Crippen LogP contribution in [0.1, 0.15) is 25.0 Å². The first-order valence-electron chi connectivity index (χ1n) is 9.43. The second kappa shape index (κ2) is 7.35. The molecular weight excluding hydrogens is 354 g/mol. The van der Waals surface area contributed by atoms with E-state index >= 15 is 0 Å². The summed E-state index contributed by atoms with van der Waals surface area (Å²) < 4.78 is 11.6. The molecule has 0 N–H and O–H groups in total. The lowest BCUT2D eigenvalue weighted by Gasteiger charge is -2.22. The maximum Gasteiger partial charge on any atom is 0.336 e. The Labute approximate surface area is 161 Å². The molecule has 142 valence electrons. The van der Waals surface area contributed by atoms with Crippen LogP contribution in [0, 0.1) is 0 Å². The highest BCUT2D eigenvalue weighted by atomic mass is 16.4. The van der Waals surface area contributed by atoms with Gasteiger partial charge in [-0.25, -0.2) is 4.79 Å². The zero-order chi connectivity index (χ0) is 19.7. The second-order valence-electron chi connectivity index (χ2n) is 6.65. The predicted molar refractivity (Wildman–Crippen MR) is 111 cm³/mol. The number of hydrogen-bond acceptors (Lipinski definition) is 5. The standard InChI is InChI=1S/C23H21NO4/c1-3-24(4-2)23-18(21(26)17-10-5-6-11-19(17)27-23)14-16-9-7-8-15-12-13-20(25)28-22(15)16/h5-13H,3-4,14H2,1-2H3. The Morgan fingerprint density at radius 1 is 0.857 bits per heavy atom. The number of fused-ring (bicyclic) bond motifs is 2. The minimum absolute atomic E-state index is 0.0565. The summed E-state index contributed by atoms with van der Waals surface area (Å²) in [5, 5.41) is 1.38. The average Bonchev–Trinajstić information content (AvgIpc) is 2.72. The topological polar surface area (TPSA) is 63.7 Å². The predicted octanol–water partition coefficient (Wildman–Crippen LogP) is 4.34. The molecule has 0 bridgehead atoms. The molecule has 2 aromatic carbocycles. The molecule has 0 saturated heterocycles. The van der Waals surface area contributed by atoms with Crippen LogP contribution < -0.4 is 16.0 Å². The summed E-state index contributed by atoms with van der Waals surface area (Å²) in [7, 11) is 0. The molecule has 0 atom stereocenters. The van der Waals surface area contributed by atoms with Crippen molar-refractivity contribution in [2.75, 3.05) is 18.0 Å². The molecule has 0 aliphatic heterocycles. The van der Waals surface area contributed by atoms with Crippen LogP contribution in [-0.2, 0) is 6.42 Å². The van der Waals surface area contributed by atoms with Gasteiger partial charge in [-0.3, -0.25) is 4.79 Å². The molecular formula is C23H21NO4. The summed E-state index contributed by atoms with van der Waals surface area (Å²) in [5.41, 5.74) is 1.97. The minimum atomic E-state index is -0.408. The Morgan fingerprint density at radius 3 is 2.43 bits per heavy atom. The summed E-state index contributed by atoms with van der Waals surface area (Å²) in [6, 6.07) is 16.1. The van der Waals surface area contributed by atoms with Crippen LogP contribution >= 0.6 is 0 Å². The Bertz CT molecular complexity index is 1270. The fraction of sp³-hybridized carbons (Fsp3) is 0.217. The first-order valence-corrected chi connectivity index (χ1v) is 9.43. The van der Waals surface area contributed by atoms with Crippen molar-refractivity contribution in [1.29, 1.82) is 0 Å². The third-order valence-electron chi connectivity index (χ3n) is 5.02. The fourth-order valence-electron chi connectivity index (χ4n) is 3.57. The van der Waals surface area contributed by atoms with E-state index < -0.39 is 5.63 Å². The van der Waals surface area contributed by atoms with Crippen molar-refractivity contribution < 1.29 is 8.83 Å². The number of nitrogens with zero attached hydrogens (tertiary/aromatic N) is 1. The van der Waals surface area contributed by atoms with E-state index in [0.29, 0.717) is 34.4 Å². The number of hydrogen-bond donors (Lipinski definition) is 0. The molecule has 0 amide bonds. The van der Waals surface area contributed by atoms with Gasteiger partial charge in [-0.05, 0) is 32.0 Å². The van der Waals surface area contributed by atoms with Crippen LogP contribution in [0.25, 0.3) is 21.9 Å². The average molecular weight is 375 g/mol. The van der Waals surface area contributed by atoms with Crippen molar-refractivity contribution in [3.63, 3.8) is 0 Å². The van der Waals surface area contributed by atoms with E-state index in [1.165, 1.54) is 6.07 Å². The minimum Gasteiger partial charge on any atom is -0.440 e. The van der Waals surface area contributed by atoms with Crippen molar-refractivity contribution >= 4 is 27.8 Å². The van der Waals surface area contributed by atoms with Gasteiger partial charge in [0.05, 0.1) is 10.9 Å². The van der Waals surface area contributed by atoms with Crippen LogP contribution in [-0.4, -0.2) is 13.1 Å². The maximum absolute atomic E-state index is 13.3. The number of para-hydroxylation sites is 2. The van der Waals surface area contributed by atoms with E-state index in [-0.39, 0.29) is 5.43 Å². The van der Waals surface area contributed by atoms with E-state index in [9.17, 15) is 9.59 Å². The van der Waals surface area contributed by atoms with E-state index in [2.05, 4.69) is 0 Å². The molecule has 0 saturated carbocycles. The normalized spacial score (nSPS) is 11.2. The molecule has 0 aliphatic rings. The van der Waals surface area contributed by atoms with Crippen molar-refractivity contribution in [1.82, 2.24) is 0 Å². The number of anilines is 1. The van der Waals surface area contributed by atoms with Gasteiger partial charge in [-0.15, -0.1) is 0 Å². The Morgan fingerprint density at radius 2 is 1.64 bits per heavy atom. The first kappa shape index (κ1) is 18.0. The molecule has 0 unspecified atom stereocenters. The number of rotatable bonds is 5. The first-order chi connectivity index (χ1) is 13.6. The lowest BCUT2D eigenvalue weighted by atomic mass is 10.0. The van der Waals surface area contributed by atoms with Crippen molar-refractivity contribution in [3.05, 3.63) is 86.4 Å². The van der Waals surface area contributed by atoms with Gasteiger partial charge in [0.1, 0.15) is 11.2 Å². The van der Waals surface area contributed by atoms with E-state index in [0.717, 1.165) is 24.0 Å². The Balaban J connectivity index is 1.97. The molecule has 0 radical (unpaired) electrons. The third-order valence-corrected chi connectivity index (χ3v) is 5.02. The van der Waals surface area contributed by atoms with Gasteiger partial charge < -0.3 is 13.7 Å². The SMILES string of the molecule is CCN(CC)c1oc2ccccc2c(=O)c1Cc1cccc2ccc(=O)oc12. The summed E-state index contributed by atoms with van der Waals surface area (Å²) in [5.74, 6) is 0.573. The molecule has 2 aromatic heterocycles. The highest BCUT2D eigenvalue weighted by molar-refractivity contribution is 5.82. The Hall–Kier alpha value is -3.34. The fourth-order valence-corrected chi connectivity index (χ4v) is 3.57. The molecule has 2 heterocycles. The highest BCUT2D eigenvalue weighted by Crippen LogP contribution is 2.27. The van der Waals surface area contributed by atoms with Gasteiger partial charge in [-0.1, -0.05) is 30.3 Å². The molecule has 0 spiro atoms. The van der Waals surface area contributed by atoms with Gasteiger partial charge in [0.2, 0.25) is 5.88 Å². The van der Waals surface area contributed by atoms with Gasteiger partial charge in [0, 0.05) is 36.5 Å². The summed E-state index contributed by atoms with van der Waals surface area (Å²) in [4.78, 5) is 27.1. The van der Waals surface area contributed by atoms with E-state index in [4.69, 9.17) is 8.83 Å². The lowest BCUT2D eigenvalue weighted by Crippen LogP contribution is -2.26.